The lowest BCUT2D eigenvalue weighted by Gasteiger charge is -2.09. The van der Waals surface area contributed by atoms with Crippen molar-refractivity contribution in [2.45, 2.75) is 6.54 Å². The smallest absolute Gasteiger partial charge is 0.252 e. The van der Waals surface area contributed by atoms with E-state index in [4.69, 9.17) is 11.6 Å². The average molecular weight is 407 g/mol. The fraction of sp³-hybridized carbons (Fsp3) is 0.125. The molecule has 2 aromatic heterocycles. The molecule has 0 saturated heterocycles. The number of amides is 1. The normalized spacial score (nSPS) is 10.6. The van der Waals surface area contributed by atoms with Crippen molar-refractivity contribution in [3.63, 3.8) is 0 Å². The summed E-state index contributed by atoms with van der Waals surface area (Å²) in [6.07, 6.45) is 6.83. The maximum atomic E-state index is 12.2. The highest BCUT2D eigenvalue weighted by molar-refractivity contribution is 9.10. The lowest BCUT2D eigenvalue weighted by Crippen LogP contribution is -2.27. The van der Waals surface area contributed by atoms with Crippen LogP contribution >= 0.6 is 27.5 Å². The third kappa shape index (κ3) is 3.80. The van der Waals surface area contributed by atoms with Gasteiger partial charge in [-0.2, -0.15) is 0 Å². The quantitative estimate of drug-likeness (QED) is 0.706. The molecule has 0 aliphatic rings. The number of hydrogen-bond acceptors (Lipinski definition) is 4. The van der Waals surface area contributed by atoms with E-state index in [2.05, 4.69) is 36.2 Å². The summed E-state index contributed by atoms with van der Waals surface area (Å²) in [7, 11) is 0. The van der Waals surface area contributed by atoms with Crippen LogP contribution in [-0.2, 0) is 6.54 Å². The van der Waals surface area contributed by atoms with Gasteiger partial charge in [0.15, 0.2) is 11.6 Å². The monoisotopic (exact) mass is 405 g/mol. The topological polar surface area (TPSA) is 72.7 Å². The predicted molar refractivity (Wildman–Crippen MR) is 94.7 cm³/mol. The Labute approximate surface area is 152 Å². The van der Waals surface area contributed by atoms with Gasteiger partial charge < -0.3 is 9.88 Å². The van der Waals surface area contributed by atoms with E-state index in [0.717, 1.165) is 4.47 Å². The van der Waals surface area contributed by atoms with Crippen molar-refractivity contribution in [1.29, 1.82) is 0 Å². The van der Waals surface area contributed by atoms with E-state index in [-0.39, 0.29) is 5.91 Å². The Bertz CT molecular complexity index is 853. The van der Waals surface area contributed by atoms with E-state index in [1.807, 2.05) is 10.8 Å². The van der Waals surface area contributed by atoms with Crippen molar-refractivity contribution in [3.05, 3.63) is 64.1 Å². The van der Waals surface area contributed by atoms with Crippen molar-refractivity contribution in [3.8, 4) is 11.6 Å². The minimum absolute atomic E-state index is 0.223. The van der Waals surface area contributed by atoms with Crippen LogP contribution in [0.4, 0.5) is 0 Å². The summed E-state index contributed by atoms with van der Waals surface area (Å²) < 4.78 is 2.69. The van der Waals surface area contributed by atoms with Gasteiger partial charge in [-0.25, -0.2) is 15.0 Å². The lowest BCUT2D eigenvalue weighted by molar-refractivity contribution is 0.0952. The molecule has 1 N–H and O–H groups in total. The molecular formula is C16H13BrClN5O. The number of benzene rings is 1. The summed E-state index contributed by atoms with van der Waals surface area (Å²) in [5, 5.41) is 3.26. The van der Waals surface area contributed by atoms with E-state index in [0.29, 0.717) is 35.3 Å². The Morgan fingerprint density at radius 3 is 2.79 bits per heavy atom. The van der Waals surface area contributed by atoms with Gasteiger partial charge in [-0.15, -0.1) is 0 Å². The fourth-order valence-corrected chi connectivity index (χ4v) is 2.73. The Morgan fingerprint density at radius 2 is 2.00 bits per heavy atom. The highest BCUT2D eigenvalue weighted by atomic mass is 79.9. The average Bonchev–Trinajstić information content (AvgIpc) is 3.06. The second-order valence-electron chi connectivity index (χ2n) is 4.90. The molecule has 1 amide bonds. The zero-order chi connectivity index (χ0) is 16.9. The lowest BCUT2D eigenvalue weighted by atomic mass is 10.2. The van der Waals surface area contributed by atoms with E-state index in [1.54, 1.807) is 42.9 Å². The van der Waals surface area contributed by atoms with Gasteiger partial charge in [-0.3, -0.25) is 4.79 Å². The van der Waals surface area contributed by atoms with Crippen molar-refractivity contribution in [2.75, 3.05) is 6.54 Å². The first-order valence-corrected chi connectivity index (χ1v) is 8.34. The summed E-state index contributed by atoms with van der Waals surface area (Å²) in [6, 6.07) is 6.91. The molecule has 0 aliphatic carbocycles. The van der Waals surface area contributed by atoms with Crippen LogP contribution in [0, 0.1) is 0 Å². The van der Waals surface area contributed by atoms with Gasteiger partial charge in [0.1, 0.15) is 0 Å². The van der Waals surface area contributed by atoms with Gasteiger partial charge in [0.05, 0.1) is 10.6 Å². The molecule has 0 unspecified atom stereocenters. The standard InChI is InChI=1S/C16H13BrClN5O/c17-11-2-3-13(18)12(10-11)16(24)22-7-9-23-8-6-21-15(23)14-19-4-1-5-20-14/h1-6,8,10H,7,9H2,(H,22,24). The largest absolute Gasteiger partial charge is 0.350 e. The van der Waals surface area contributed by atoms with Gasteiger partial charge in [0.25, 0.3) is 5.91 Å². The highest BCUT2D eigenvalue weighted by Gasteiger charge is 2.12. The van der Waals surface area contributed by atoms with Crippen molar-refractivity contribution in [1.82, 2.24) is 24.8 Å². The maximum Gasteiger partial charge on any atom is 0.252 e. The highest BCUT2D eigenvalue weighted by Crippen LogP contribution is 2.20. The predicted octanol–water partition coefficient (Wildman–Crippen LogP) is 3.19. The summed E-state index contributed by atoms with van der Waals surface area (Å²) in [5.74, 6) is 0.980. The van der Waals surface area contributed by atoms with Gasteiger partial charge in [-0.1, -0.05) is 27.5 Å². The Morgan fingerprint density at radius 1 is 1.21 bits per heavy atom. The Hall–Kier alpha value is -2.25. The van der Waals surface area contributed by atoms with Crippen molar-refractivity contribution in [2.24, 2.45) is 0 Å². The van der Waals surface area contributed by atoms with Crippen LogP contribution in [0.25, 0.3) is 11.6 Å². The van der Waals surface area contributed by atoms with E-state index >= 15 is 0 Å². The molecule has 0 spiro atoms. The first-order valence-electron chi connectivity index (χ1n) is 7.17. The van der Waals surface area contributed by atoms with Crippen molar-refractivity contribution >= 4 is 33.4 Å². The zero-order valence-corrected chi connectivity index (χ0v) is 14.8. The van der Waals surface area contributed by atoms with Gasteiger partial charge >= 0.3 is 0 Å². The van der Waals surface area contributed by atoms with Crippen LogP contribution in [-0.4, -0.2) is 32.0 Å². The van der Waals surface area contributed by atoms with Gasteiger partial charge in [-0.05, 0) is 24.3 Å². The minimum Gasteiger partial charge on any atom is -0.350 e. The Balaban J connectivity index is 1.64. The van der Waals surface area contributed by atoms with E-state index in [1.165, 1.54) is 0 Å². The molecule has 0 aliphatic heterocycles. The number of hydrogen-bond donors (Lipinski definition) is 1. The van der Waals surface area contributed by atoms with Crippen LogP contribution < -0.4 is 5.32 Å². The molecule has 0 bridgehead atoms. The number of rotatable bonds is 5. The van der Waals surface area contributed by atoms with Crippen LogP contribution in [0.1, 0.15) is 10.4 Å². The van der Waals surface area contributed by atoms with Crippen LogP contribution in [0.2, 0.25) is 5.02 Å². The Kier molecular flexibility index (Phi) is 5.22. The summed E-state index contributed by atoms with van der Waals surface area (Å²) >= 11 is 9.40. The third-order valence-corrected chi connectivity index (χ3v) is 4.12. The van der Waals surface area contributed by atoms with Gasteiger partial charge in [0, 0.05) is 42.3 Å². The molecule has 0 atom stereocenters. The molecule has 2 heterocycles. The molecule has 3 aromatic rings. The number of nitrogens with one attached hydrogen (secondary N) is 1. The molecule has 24 heavy (non-hydrogen) atoms. The fourth-order valence-electron chi connectivity index (χ4n) is 2.17. The molecule has 6 nitrogen and oxygen atoms in total. The number of aromatic nitrogens is 4. The molecule has 122 valence electrons. The minimum atomic E-state index is -0.223. The second kappa shape index (κ2) is 7.55. The summed E-state index contributed by atoms with van der Waals surface area (Å²) in [6.45, 7) is 0.975. The maximum absolute atomic E-state index is 12.2. The van der Waals surface area contributed by atoms with Crippen LogP contribution in [0.5, 0.6) is 0 Å². The summed E-state index contributed by atoms with van der Waals surface area (Å²) in [5.41, 5.74) is 0.434. The molecule has 0 fully saturated rings. The van der Waals surface area contributed by atoms with Crippen molar-refractivity contribution < 1.29 is 4.79 Å². The van der Waals surface area contributed by atoms with Crippen LogP contribution in [0.15, 0.2) is 53.5 Å². The number of nitrogens with zero attached hydrogens (tertiary/aromatic N) is 4. The molecule has 8 heteroatoms. The number of imidazole rings is 1. The molecule has 0 radical (unpaired) electrons. The number of carbonyl (C=O) groups excluding carboxylic acids is 1. The molecule has 3 rings (SSSR count). The number of carbonyl (C=O) groups is 1. The third-order valence-electron chi connectivity index (χ3n) is 3.29. The zero-order valence-electron chi connectivity index (χ0n) is 12.5. The molecule has 1 aromatic carbocycles. The summed E-state index contributed by atoms with van der Waals surface area (Å²) in [4.78, 5) is 24.9. The SMILES string of the molecule is O=C(NCCn1ccnc1-c1ncccn1)c1cc(Br)ccc1Cl. The molecular weight excluding hydrogens is 394 g/mol. The van der Waals surface area contributed by atoms with E-state index in [9.17, 15) is 4.79 Å². The first-order chi connectivity index (χ1) is 11.6. The first kappa shape index (κ1) is 16.6. The molecule has 0 saturated carbocycles. The number of halogens is 2. The second-order valence-corrected chi connectivity index (χ2v) is 6.22. The van der Waals surface area contributed by atoms with Crippen LogP contribution in [0.3, 0.4) is 0 Å². The van der Waals surface area contributed by atoms with E-state index < -0.39 is 0 Å². The van der Waals surface area contributed by atoms with Gasteiger partial charge in [0.2, 0.25) is 0 Å².